The summed E-state index contributed by atoms with van der Waals surface area (Å²) in [4.78, 5) is 9.27. The quantitative estimate of drug-likeness (QED) is 0.231. The van der Waals surface area contributed by atoms with Gasteiger partial charge in [0.15, 0.2) is 33.8 Å². The van der Waals surface area contributed by atoms with Gasteiger partial charge in [-0.05, 0) is 30.5 Å². The summed E-state index contributed by atoms with van der Waals surface area (Å²) in [6, 6.07) is 3.26. The molecule has 4 N–H and O–H groups in total. The molecule has 2 fully saturated rings. The van der Waals surface area contributed by atoms with E-state index >= 15 is 0 Å². The van der Waals surface area contributed by atoms with E-state index in [1.165, 1.54) is 22.5 Å². The summed E-state index contributed by atoms with van der Waals surface area (Å²) in [5.74, 6) is -0.472. The number of aliphatic hydroxyl groups excluding tert-OH is 3. The number of halogens is 2. The Balaban J connectivity index is 1.43. The number of thioether (sulfide) groups is 1. The lowest BCUT2D eigenvalue weighted by atomic mass is 10.1. The van der Waals surface area contributed by atoms with Crippen LogP contribution in [-0.2, 0) is 4.74 Å². The number of ether oxygens (including phenoxy) is 1. The van der Waals surface area contributed by atoms with Crippen LogP contribution in [0, 0.1) is 11.6 Å². The van der Waals surface area contributed by atoms with Gasteiger partial charge in [-0.1, -0.05) is 30.0 Å². The molecule has 0 saturated heterocycles. The third-order valence-corrected chi connectivity index (χ3v) is 7.61. The summed E-state index contributed by atoms with van der Waals surface area (Å²) in [7, 11) is 0. The Labute approximate surface area is 210 Å². The van der Waals surface area contributed by atoms with Crippen LogP contribution >= 0.6 is 11.8 Å². The minimum Gasteiger partial charge on any atom is -0.394 e. The molecule has 2 aliphatic carbocycles. The summed E-state index contributed by atoms with van der Waals surface area (Å²) < 4.78 is 34.0. The lowest BCUT2D eigenvalue weighted by Gasteiger charge is -2.17. The number of nitrogens with one attached hydrogen (secondary N) is 1. The van der Waals surface area contributed by atoms with Crippen LogP contribution in [-0.4, -0.2) is 83.6 Å². The summed E-state index contributed by atoms with van der Waals surface area (Å²) in [5, 5.41) is 42.5. The first-order valence-electron chi connectivity index (χ1n) is 12.0. The number of aliphatic hydroxyl groups is 3. The maximum atomic E-state index is 13.7. The minimum atomic E-state index is -1.15. The summed E-state index contributed by atoms with van der Waals surface area (Å²) >= 11 is 1.48. The number of nitrogens with zero attached hydrogens (tertiary/aromatic N) is 5. The molecule has 0 spiro atoms. The molecule has 194 valence electrons. The van der Waals surface area contributed by atoms with E-state index in [2.05, 4.69) is 32.5 Å². The van der Waals surface area contributed by atoms with Gasteiger partial charge in [0.2, 0.25) is 0 Å². The van der Waals surface area contributed by atoms with Crippen molar-refractivity contribution in [1.29, 1.82) is 0 Å². The summed E-state index contributed by atoms with van der Waals surface area (Å²) in [6.07, 6.45) is -1.04. The van der Waals surface area contributed by atoms with E-state index in [1.807, 2.05) is 0 Å². The number of hydrogen-bond donors (Lipinski definition) is 4. The SMILES string of the molecule is CCCSc1nc(N[C@@H]2C[C@H]2c2ccc(F)c(F)c2)c2nnn([C@@H]3C[C@H](OCCO)C(O)C3O)c2n1. The highest BCUT2D eigenvalue weighted by Gasteiger charge is 2.45. The van der Waals surface area contributed by atoms with Crippen molar-refractivity contribution in [2.24, 2.45) is 0 Å². The Kier molecular flexibility index (Phi) is 7.35. The number of aromatic nitrogens is 5. The average molecular weight is 523 g/mol. The first kappa shape index (κ1) is 25.2. The molecule has 3 aromatic rings. The van der Waals surface area contributed by atoms with Crippen LogP contribution in [0.15, 0.2) is 23.4 Å². The molecule has 13 heteroatoms. The van der Waals surface area contributed by atoms with Crippen molar-refractivity contribution in [2.75, 3.05) is 24.3 Å². The van der Waals surface area contributed by atoms with Crippen LogP contribution in [0.2, 0.25) is 0 Å². The second-order valence-corrected chi connectivity index (χ2v) is 10.2. The Morgan fingerprint density at radius 1 is 1.17 bits per heavy atom. The molecule has 2 unspecified atom stereocenters. The lowest BCUT2D eigenvalue weighted by molar-refractivity contribution is -0.0629. The second kappa shape index (κ2) is 10.5. The van der Waals surface area contributed by atoms with E-state index in [9.17, 15) is 19.0 Å². The van der Waals surface area contributed by atoms with E-state index in [0.29, 0.717) is 27.7 Å². The number of hydrogen-bond acceptors (Lipinski definition) is 10. The zero-order valence-corrected chi connectivity index (χ0v) is 20.4. The van der Waals surface area contributed by atoms with Crippen LogP contribution in [0.25, 0.3) is 11.2 Å². The molecule has 0 aliphatic heterocycles. The molecule has 1 aromatic carbocycles. The van der Waals surface area contributed by atoms with Gasteiger partial charge in [0.1, 0.15) is 12.2 Å². The highest BCUT2D eigenvalue weighted by molar-refractivity contribution is 7.99. The van der Waals surface area contributed by atoms with E-state index in [1.54, 1.807) is 6.07 Å². The van der Waals surface area contributed by atoms with Gasteiger partial charge in [0.25, 0.3) is 0 Å². The smallest absolute Gasteiger partial charge is 0.191 e. The van der Waals surface area contributed by atoms with Crippen molar-refractivity contribution >= 4 is 28.7 Å². The zero-order chi connectivity index (χ0) is 25.4. The topological polar surface area (TPSA) is 138 Å². The van der Waals surface area contributed by atoms with Gasteiger partial charge in [0, 0.05) is 24.1 Å². The third kappa shape index (κ3) is 4.90. The van der Waals surface area contributed by atoms with Gasteiger partial charge in [-0.15, -0.1) is 5.10 Å². The molecule has 10 nitrogen and oxygen atoms in total. The van der Waals surface area contributed by atoms with E-state index in [4.69, 9.17) is 9.84 Å². The van der Waals surface area contributed by atoms with Crippen molar-refractivity contribution in [3.8, 4) is 0 Å². The molecule has 2 saturated carbocycles. The first-order valence-corrected chi connectivity index (χ1v) is 13.0. The average Bonchev–Trinajstić information content (AvgIpc) is 3.41. The predicted octanol–water partition coefficient (Wildman–Crippen LogP) is 2.01. The number of benzene rings is 1. The van der Waals surface area contributed by atoms with E-state index in [0.717, 1.165) is 24.7 Å². The van der Waals surface area contributed by atoms with Crippen molar-refractivity contribution < 1.29 is 28.8 Å². The highest BCUT2D eigenvalue weighted by atomic mass is 32.2. The lowest BCUT2D eigenvalue weighted by Crippen LogP contribution is -2.33. The van der Waals surface area contributed by atoms with Crippen molar-refractivity contribution in [2.45, 2.75) is 67.7 Å². The molecule has 0 amide bonds. The van der Waals surface area contributed by atoms with Crippen LogP contribution in [0.4, 0.5) is 14.6 Å². The van der Waals surface area contributed by atoms with Crippen molar-refractivity contribution in [3.63, 3.8) is 0 Å². The minimum absolute atomic E-state index is 0.00291. The maximum absolute atomic E-state index is 13.7. The molecule has 2 heterocycles. The number of rotatable bonds is 10. The fourth-order valence-electron chi connectivity index (χ4n) is 4.61. The number of anilines is 1. The molecule has 2 aliphatic rings. The standard InChI is InChI=1S/C23H28F2N6O4S/c1-2-7-36-23-27-21(26-15-9-12(15)11-3-4-13(24)14(25)8-11)18-22(28-23)31(30-29-18)16-10-17(35-6-5-32)20(34)19(16)33/h3-4,8,12,15-17,19-20,32-34H,2,5-7,9-10H2,1H3,(H,26,27,28)/t12-,15+,16+,17-,19?,20?/m0/s1. The van der Waals surface area contributed by atoms with Gasteiger partial charge in [-0.3, -0.25) is 0 Å². The van der Waals surface area contributed by atoms with Crippen LogP contribution in [0.1, 0.15) is 43.7 Å². The van der Waals surface area contributed by atoms with E-state index in [-0.39, 0.29) is 31.6 Å². The monoisotopic (exact) mass is 522 g/mol. The normalized spacial score (nSPS) is 27.6. The molecule has 6 atom stereocenters. The van der Waals surface area contributed by atoms with Gasteiger partial charge < -0.3 is 25.4 Å². The highest BCUT2D eigenvalue weighted by Crippen LogP contribution is 2.44. The van der Waals surface area contributed by atoms with Crippen molar-refractivity contribution in [3.05, 3.63) is 35.4 Å². The summed E-state index contributed by atoms with van der Waals surface area (Å²) in [5.41, 5.74) is 1.53. The zero-order valence-electron chi connectivity index (χ0n) is 19.6. The molecular formula is C23H28F2N6O4S. The van der Waals surface area contributed by atoms with Crippen LogP contribution < -0.4 is 5.32 Å². The summed E-state index contributed by atoms with van der Waals surface area (Å²) in [6.45, 7) is 1.91. The van der Waals surface area contributed by atoms with Gasteiger partial charge >= 0.3 is 0 Å². The van der Waals surface area contributed by atoms with Crippen LogP contribution in [0.3, 0.4) is 0 Å². The van der Waals surface area contributed by atoms with Crippen LogP contribution in [0.5, 0.6) is 0 Å². The molecule has 36 heavy (non-hydrogen) atoms. The Morgan fingerprint density at radius 3 is 2.75 bits per heavy atom. The number of fused-ring (bicyclic) bond motifs is 1. The first-order chi connectivity index (χ1) is 17.4. The van der Waals surface area contributed by atoms with E-state index < -0.39 is 36.0 Å². The van der Waals surface area contributed by atoms with Crippen molar-refractivity contribution in [1.82, 2.24) is 25.0 Å². The molecule has 0 radical (unpaired) electrons. The van der Waals surface area contributed by atoms with Gasteiger partial charge in [0.05, 0.1) is 25.4 Å². The third-order valence-electron chi connectivity index (χ3n) is 6.56. The Hall–Kier alpha value is -2.45. The maximum Gasteiger partial charge on any atom is 0.191 e. The molecule has 5 rings (SSSR count). The Bertz CT molecular complexity index is 1230. The predicted molar refractivity (Wildman–Crippen MR) is 128 cm³/mol. The van der Waals surface area contributed by atoms with Gasteiger partial charge in [-0.25, -0.2) is 23.4 Å². The molecular weight excluding hydrogens is 494 g/mol. The molecule has 0 bridgehead atoms. The fraction of sp³-hybridized carbons (Fsp3) is 0.565. The van der Waals surface area contributed by atoms with Gasteiger partial charge in [-0.2, -0.15) is 0 Å². The second-order valence-electron chi connectivity index (χ2n) is 9.09. The molecule has 2 aromatic heterocycles. The largest absolute Gasteiger partial charge is 0.394 e. The fourth-order valence-corrected chi connectivity index (χ4v) is 5.31. The Morgan fingerprint density at radius 2 is 2.00 bits per heavy atom.